The predicted octanol–water partition coefficient (Wildman–Crippen LogP) is 1.69. The van der Waals surface area contributed by atoms with E-state index in [0.717, 1.165) is 19.3 Å². The van der Waals surface area contributed by atoms with Crippen molar-refractivity contribution in [2.24, 2.45) is 16.8 Å². The van der Waals surface area contributed by atoms with E-state index in [4.69, 9.17) is 22.5 Å². The number of nitrogens with two attached hydrogens (primary N) is 1. The Balaban J connectivity index is 2.09. The third-order valence-electron chi connectivity index (χ3n) is 3.54. The number of aromatic hydroxyl groups is 1. The van der Waals surface area contributed by atoms with Crippen LogP contribution < -0.4 is 11.1 Å². The van der Waals surface area contributed by atoms with Crippen molar-refractivity contribution in [3.63, 3.8) is 0 Å². The second kappa shape index (κ2) is 6.00. The minimum atomic E-state index is -0.297. The maximum absolute atomic E-state index is 12.1. The fraction of sp³-hybridized carbons (Fsp3) is 0.385. The van der Waals surface area contributed by atoms with E-state index >= 15 is 0 Å². The fourth-order valence-corrected chi connectivity index (χ4v) is 2.64. The molecule has 1 saturated carbocycles. The van der Waals surface area contributed by atoms with E-state index in [1.807, 2.05) is 0 Å². The van der Waals surface area contributed by atoms with Crippen LogP contribution in [0.2, 0.25) is 5.02 Å². The number of phenols is 1. The van der Waals surface area contributed by atoms with E-state index in [1.165, 1.54) is 18.2 Å². The van der Waals surface area contributed by atoms with Gasteiger partial charge in [-0.25, -0.2) is 0 Å². The molecule has 6 nitrogen and oxygen atoms in total. The summed E-state index contributed by atoms with van der Waals surface area (Å²) in [6.45, 7) is 0. The summed E-state index contributed by atoms with van der Waals surface area (Å²) in [7, 11) is 0. The lowest BCUT2D eigenvalue weighted by molar-refractivity contribution is 0.0933. The van der Waals surface area contributed by atoms with Crippen LogP contribution in [0.3, 0.4) is 0 Å². The SMILES string of the molecule is NC(=NO)C1CCCC1NC(=O)c1ccc(O)c(Cl)c1. The van der Waals surface area contributed by atoms with Crippen LogP contribution in [0.15, 0.2) is 23.4 Å². The summed E-state index contributed by atoms with van der Waals surface area (Å²) < 4.78 is 0. The molecule has 0 saturated heterocycles. The third-order valence-corrected chi connectivity index (χ3v) is 3.84. The van der Waals surface area contributed by atoms with Crippen LogP contribution in [-0.2, 0) is 0 Å². The molecule has 2 unspecified atom stereocenters. The lowest BCUT2D eigenvalue weighted by Gasteiger charge is -2.19. The molecule has 5 N–H and O–H groups in total. The van der Waals surface area contributed by atoms with Gasteiger partial charge >= 0.3 is 0 Å². The molecule has 1 aromatic carbocycles. The minimum absolute atomic E-state index is 0.0707. The molecular formula is C13H16ClN3O3. The molecule has 1 fully saturated rings. The van der Waals surface area contributed by atoms with Gasteiger partial charge in [0.05, 0.1) is 5.02 Å². The first-order chi connectivity index (χ1) is 9.52. The number of benzene rings is 1. The maximum Gasteiger partial charge on any atom is 0.251 e. The number of carbonyl (C=O) groups excluding carboxylic acids is 1. The van der Waals surface area contributed by atoms with Gasteiger partial charge in [0.1, 0.15) is 11.6 Å². The highest BCUT2D eigenvalue weighted by molar-refractivity contribution is 6.32. The van der Waals surface area contributed by atoms with Crippen LogP contribution >= 0.6 is 11.6 Å². The summed E-state index contributed by atoms with van der Waals surface area (Å²) >= 11 is 5.77. The summed E-state index contributed by atoms with van der Waals surface area (Å²) in [4.78, 5) is 12.1. The van der Waals surface area contributed by atoms with Crippen molar-refractivity contribution >= 4 is 23.3 Å². The normalized spacial score (nSPS) is 22.8. The zero-order valence-electron chi connectivity index (χ0n) is 10.7. The number of hydrogen-bond acceptors (Lipinski definition) is 4. The van der Waals surface area contributed by atoms with Crippen LogP contribution in [0, 0.1) is 5.92 Å². The number of amides is 1. The molecule has 1 amide bonds. The van der Waals surface area contributed by atoms with Crippen LogP contribution in [0.1, 0.15) is 29.6 Å². The Labute approximate surface area is 121 Å². The molecular weight excluding hydrogens is 282 g/mol. The van der Waals surface area contributed by atoms with Gasteiger partial charge in [-0.2, -0.15) is 0 Å². The van der Waals surface area contributed by atoms with Gasteiger partial charge in [-0.15, -0.1) is 0 Å². The predicted molar refractivity (Wildman–Crippen MR) is 75.1 cm³/mol. The number of nitrogens with zero attached hydrogens (tertiary/aromatic N) is 1. The standard InChI is InChI=1S/C13H16ClN3O3/c14-9-6-7(4-5-11(9)18)13(19)16-10-3-1-2-8(10)12(15)17-20/h4-6,8,10,18,20H,1-3H2,(H2,15,17)(H,16,19). The number of rotatable bonds is 3. The van der Waals surface area contributed by atoms with Crippen LogP contribution in [0.4, 0.5) is 0 Å². The topological polar surface area (TPSA) is 108 Å². The Morgan fingerprint density at radius 1 is 1.45 bits per heavy atom. The second-order valence-corrected chi connectivity index (χ2v) is 5.22. The smallest absolute Gasteiger partial charge is 0.251 e. The molecule has 0 bridgehead atoms. The van der Waals surface area contributed by atoms with E-state index in [2.05, 4.69) is 10.5 Å². The third kappa shape index (κ3) is 2.96. The van der Waals surface area contributed by atoms with Crippen molar-refractivity contribution in [2.75, 3.05) is 0 Å². The number of halogens is 1. The first-order valence-electron chi connectivity index (χ1n) is 6.29. The number of nitrogens with one attached hydrogen (secondary N) is 1. The summed E-state index contributed by atoms with van der Waals surface area (Å²) in [5, 5.41) is 24.1. The van der Waals surface area contributed by atoms with Gasteiger partial charge < -0.3 is 21.4 Å². The first-order valence-corrected chi connectivity index (χ1v) is 6.67. The molecule has 0 spiro atoms. The fourth-order valence-electron chi connectivity index (χ4n) is 2.46. The molecule has 0 aliphatic heterocycles. The molecule has 20 heavy (non-hydrogen) atoms. The Morgan fingerprint density at radius 2 is 2.20 bits per heavy atom. The monoisotopic (exact) mass is 297 g/mol. The van der Waals surface area contributed by atoms with E-state index in [-0.39, 0.29) is 34.5 Å². The molecule has 108 valence electrons. The van der Waals surface area contributed by atoms with E-state index in [9.17, 15) is 9.90 Å². The lowest BCUT2D eigenvalue weighted by atomic mass is 10.0. The van der Waals surface area contributed by atoms with E-state index in [0.29, 0.717) is 5.56 Å². The van der Waals surface area contributed by atoms with Crippen molar-refractivity contribution in [3.05, 3.63) is 28.8 Å². The van der Waals surface area contributed by atoms with Crippen LogP contribution in [0.25, 0.3) is 0 Å². The van der Waals surface area contributed by atoms with Crippen molar-refractivity contribution in [2.45, 2.75) is 25.3 Å². The molecule has 7 heteroatoms. The number of amidine groups is 1. The molecule has 0 radical (unpaired) electrons. The van der Waals surface area contributed by atoms with Gasteiger partial charge in [0, 0.05) is 17.5 Å². The maximum atomic E-state index is 12.1. The molecule has 0 aromatic heterocycles. The highest BCUT2D eigenvalue weighted by Crippen LogP contribution is 2.27. The van der Waals surface area contributed by atoms with Gasteiger partial charge in [0.15, 0.2) is 0 Å². The van der Waals surface area contributed by atoms with Gasteiger partial charge in [0.2, 0.25) is 0 Å². The highest BCUT2D eigenvalue weighted by atomic mass is 35.5. The molecule has 1 aromatic rings. The van der Waals surface area contributed by atoms with E-state index < -0.39 is 0 Å². The molecule has 2 rings (SSSR count). The van der Waals surface area contributed by atoms with Crippen molar-refractivity contribution in [1.82, 2.24) is 5.32 Å². The first kappa shape index (κ1) is 14.5. The zero-order valence-corrected chi connectivity index (χ0v) is 11.5. The number of oxime groups is 1. The van der Waals surface area contributed by atoms with E-state index in [1.54, 1.807) is 0 Å². The minimum Gasteiger partial charge on any atom is -0.506 e. The van der Waals surface area contributed by atoms with Crippen LogP contribution in [-0.4, -0.2) is 28.1 Å². The molecule has 0 heterocycles. The van der Waals surface area contributed by atoms with Crippen molar-refractivity contribution in [1.29, 1.82) is 0 Å². The molecule has 1 aliphatic carbocycles. The Morgan fingerprint density at radius 3 is 2.85 bits per heavy atom. The summed E-state index contributed by atoms with van der Waals surface area (Å²) in [5.41, 5.74) is 5.98. The van der Waals surface area contributed by atoms with Gasteiger partial charge in [0.25, 0.3) is 5.91 Å². The largest absolute Gasteiger partial charge is 0.506 e. The molecule has 1 aliphatic rings. The van der Waals surface area contributed by atoms with Gasteiger partial charge in [-0.3, -0.25) is 4.79 Å². The van der Waals surface area contributed by atoms with Gasteiger partial charge in [-0.05, 0) is 31.0 Å². The summed E-state index contributed by atoms with van der Waals surface area (Å²) in [5.74, 6) is -0.388. The van der Waals surface area contributed by atoms with Gasteiger partial charge in [-0.1, -0.05) is 23.2 Å². The average molecular weight is 298 g/mol. The Hall–Kier alpha value is -1.95. The van der Waals surface area contributed by atoms with Crippen molar-refractivity contribution in [3.8, 4) is 5.75 Å². The lowest BCUT2D eigenvalue weighted by Crippen LogP contribution is -2.42. The highest BCUT2D eigenvalue weighted by Gasteiger charge is 2.32. The summed E-state index contributed by atoms with van der Waals surface area (Å²) in [6.07, 6.45) is 2.46. The zero-order chi connectivity index (χ0) is 14.7. The second-order valence-electron chi connectivity index (χ2n) is 4.81. The number of carbonyl (C=O) groups is 1. The van der Waals surface area contributed by atoms with Crippen molar-refractivity contribution < 1.29 is 15.1 Å². The summed E-state index contributed by atoms with van der Waals surface area (Å²) in [6, 6.07) is 4.10. The average Bonchev–Trinajstić information content (AvgIpc) is 2.89. The van der Waals surface area contributed by atoms with Crippen LogP contribution in [0.5, 0.6) is 5.75 Å². The number of hydrogen-bond donors (Lipinski definition) is 4. The number of phenolic OH excluding ortho intramolecular Hbond substituents is 1. The Kier molecular flexibility index (Phi) is 4.34. The molecule has 2 atom stereocenters. The Bertz CT molecular complexity index is 548. The quantitative estimate of drug-likeness (QED) is 0.295.